The van der Waals surface area contributed by atoms with Crippen LogP contribution >= 0.6 is 27.3 Å². The third-order valence-electron chi connectivity index (χ3n) is 7.30. The van der Waals surface area contributed by atoms with Gasteiger partial charge in [0.1, 0.15) is 5.75 Å². The fraction of sp³-hybridized carbons (Fsp3) is 0.355. The van der Waals surface area contributed by atoms with E-state index in [9.17, 15) is 14.4 Å². The number of allylic oxidation sites excluding steroid dienone is 1. The van der Waals surface area contributed by atoms with Gasteiger partial charge in [0.2, 0.25) is 0 Å². The van der Waals surface area contributed by atoms with Gasteiger partial charge in [-0.05, 0) is 84.1 Å². The number of likely N-dealkylation sites (tertiary alicyclic amines) is 1. The number of rotatable bonds is 9. The van der Waals surface area contributed by atoms with Crippen molar-refractivity contribution in [1.82, 2.24) is 9.47 Å². The van der Waals surface area contributed by atoms with Crippen molar-refractivity contribution in [2.24, 2.45) is 4.99 Å². The lowest BCUT2D eigenvalue weighted by Crippen LogP contribution is -2.39. The largest absolute Gasteiger partial charge is 0.496 e. The Hall–Kier alpha value is -3.90. The first kappa shape index (κ1) is 30.6. The maximum absolute atomic E-state index is 13.9. The van der Waals surface area contributed by atoms with Gasteiger partial charge in [-0.1, -0.05) is 23.5 Å². The number of methoxy groups -OCH3 is 2. The van der Waals surface area contributed by atoms with Crippen molar-refractivity contribution in [2.45, 2.75) is 32.7 Å². The van der Waals surface area contributed by atoms with Crippen LogP contribution in [0.3, 0.4) is 0 Å². The van der Waals surface area contributed by atoms with Gasteiger partial charge in [-0.3, -0.25) is 14.2 Å². The van der Waals surface area contributed by atoms with E-state index < -0.39 is 12.0 Å². The van der Waals surface area contributed by atoms with Crippen molar-refractivity contribution in [3.05, 3.63) is 83.0 Å². The van der Waals surface area contributed by atoms with E-state index in [2.05, 4.69) is 20.9 Å². The highest BCUT2D eigenvalue weighted by Gasteiger charge is 2.33. The lowest BCUT2D eigenvalue weighted by molar-refractivity contribution is -0.139. The first-order chi connectivity index (χ1) is 20.7. The van der Waals surface area contributed by atoms with Crippen LogP contribution in [-0.4, -0.2) is 61.9 Å². The Morgan fingerprint density at radius 2 is 1.79 bits per heavy atom. The molecule has 5 rings (SSSR count). The second-order valence-corrected chi connectivity index (χ2v) is 11.8. The molecule has 1 aromatic heterocycles. The third kappa shape index (κ3) is 6.25. The van der Waals surface area contributed by atoms with Gasteiger partial charge in [0.15, 0.2) is 22.9 Å². The molecule has 0 N–H and O–H groups in total. The van der Waals surface area contributed by atoms with E-state index in [1.54, 1.807) is 56.2 Å². The molecule has 0 spiro atoms. The number of halogens is 1. The number of carbonyl (C=O) groups is 2. The van der Waals surface area contributed by atoms with Crippen molar-refractivity contribution in [3.8, 4) is 17.2 Å². The Morgan fingerprint density at radius 1 is 1.07 bits per heavy atom. The zero-order valence-electron chi connectivity index (χ0n) is 24.3. The highest BCUT2D eigenvalue weighted by molar-refractivity contribution is 9.10. The number of aromatic nitrogens is 1. The molecule has 0 aliphatic carbocycles. The molecule has 10 nitrogen and oxygen atoms in total. The number of ether oxygens (including phenoxy) is 4. The summed E-state index contributed by atoms with van der Waals surface area (Å²) in [5, 5.41) is 0. The molecular weight excluding hydrogens is 638 g/mol. The van der Waals surface area contributed by atoms with Gasteiger partial charge >= 0.3 is 5.97 Å². The van der Waals surface area contributed by atoms with Crippen LogP contribution in [0.2, 0.25) is 0 Å². The molecule has 0 radical (unpaired) electrons. The Labute approximate surface area is 261 Å². The first-order valence-electron chi connectivity index (χ1n) is 13.9. The molecule has 1 atom stereocenters. The minimum absolute atomic E-state index is 0.0549. The zero-order chi connectivity index (χ0) is 30.7. The zero-order valence-corrected chi connectivity index (χ0v) is 26.7. The van der Waals surface area contributed by atoms with Crippen LogP contribution in [0.1, 0.15) is 43.9 Å². The number of hydrogen-bond donors (Lipinski definition) is 0. The minimum Gasteiger partial charge on any atom is -0.496 e. The molecule has 0 unspecified atom stereocenters. The average molecular weight is 671 g/mol. The van der Waals surface area contributed by atoms with Gasteiger partial charge < -0.3 is 23.8 Å². The van der Waals surface area contributed by atoms with Crippen molar-refractivity contribution in [2.75, 3.05) is 40.5 Å². The summed E-state index contributed by atoms with van der Waals surface area (Å²) in [6.07, 6.45) is 3.77. The molecule has 0 saturated carbocycles. The quantitative estimate of drug-likeness (QED) is 0.321. The van der Waals surface area contributed by atoms with E-state index in [0.29, 0.717) is 53.5 Å². The summed E-state index contributed by atoms with van der Waals surface area (Å²) < 4.78 is 24.7. The van der Waals surface area contributed by atoms with Crippen LogP contribution in [0.25, 0.3) is 6.08 Å². The Morgan fingerprint density at radius 3 is 2.47 bits per heavy atom. The third-order valence-corrected chi connectivity index (χ3v) is 8.91. The van der Waals surface area contributed by atoms with Gasteiger partial charge in [0.05, 0.1) is 47.1 Å². The van der Waals surface area contributed by atoms with Crippen LogP contribution in [0.5, 0.6) is 17.2 Å². The number of amides is 1. The molecular formula is C31H32BrN3O7S. The molecule has 1 saturated heterocycles. The van der Waals surface area contributed by atoms with Crippen LogP contribution in [0.4, 0.5) is 0 Å². The number of carbonyl (C=O) groups excluding carboxylic acids is 2. The van der Waals surface area contributed by atoms with Gasteiger partial charge in [0.25, 0.3) is 11.5 Å². The predicted molar refractivity (Wildman–Crippen MR) is 165 cm³/mol. The number of esters is 1. The summed E-state index contributed by atoms with van der Waals surface area (Å²) in [6, 6.07) is 9.95. The van der Waals surface area contributed by atoms with Gasteiger partial charge in [-0.15, -0.1) is 0 Å². The summed E-state index contributed by atoms with van der Waals surface area (Å²) >= 11 is 4.75. The molecule has 43 heavy (non-hydrogen) atoms. The molecule has 2 aliphatic rings. The number of hydrogen-bond acceptors (Lipinski definition) is 9. The van der Waals surface area contributed by atoms with Crippen molar-refractivity contribution in [3.63, 3.8) is 0 Å². The number of fused-ring (bicyclic) bond motifs is 1. The standard InChI is InChI=1S/C31H32BrN3O7S/c1-5-41-30(38)27-18(2)33-31-35(28(27)20-9-11-22(39-3)21(32)16-20)29(37)25(43-31)15-19-8-10-23(24(14-19)40-4)42-17-26(36)34-12-6-7-13-34/h8-11,14-16,28H,5-7,12-13,17H2,1-4H3/b25-15+/t28-/m0/s1. The highest BCUT2D eigenvalue weighted by atomic mass is 79.9. The summed E-state index contributed by atoms with van der Waals surface area (Å²) in [7, 11) is 3.09. The van der Waals surface area contributed by atoms with E-state index in [0.717, 1.165) is 25.9 Å². The number of benzene rings is 2. The van der Waals surface area contributed by atoms with Crippen LogP contribution in [0.15, 0.2) is 61.9 Å². The molecule has 3 aromatic rings. The summed E-state index contributed by atoms with van der Waals surface area (Å²) in [4.78, 5) is 46.4. The molecule has 3 heterocycles. The van der Waals surface area contributed by atoms with E-state index >= 15 is 0 Å². The second-order valence-electron chi connectivity index (χ2n) is 9.98. The molecule has 2 aromatic carbocycles. The molecule has 226 valence electrons. The molecule has 1 fully saturated rings. The molecule has 1 amide bonds. The lowest BCUT2D eigenvalue weighted by atomic mass is 9.96. The van der Waals surface area contributed by atoms with Crippen molar-refractivity contribution >= 4 is 45.2 Å². The molecule has 12 heteroatoms. The fourth-order valence-corrected chi connectivity index (χ4v) is 6.81. The topological polar surface area (TPSA) is 109 Å². The second kappa shape index (κ2) is 13.2. The maximum Gasteiger partial charge on any atom is 0.338 e. The average Bonchev–Trinajstić information content (AvgIpc) is 3.64. The number of nitrogens with zero attached hydrogens (tertiary/aromatic N) is 3. The smallest absolute Gasteiger partial charge is 0.338 e. The Balaban J connectivity index is 1.53. The normalized spacial score (nSPS) is 16.5. The Bertz CT molecular complexity index is 1770. The molecule has 2 aliphatic heterocycles. The van der Waals surface area contributed by atoms with Crippen LogP contribution in [-0.2, 0) is 14.3 Å². The van der Waals surface area contributed by atoms with E-state index in [-0.39, 0.29) is 24.7 Å². The van der Waals surface area contributed by atoms with Crippen molar-refractivity contribution < 1.29 is 28.5 Å². The van der Waals surface area contributed by atoms with E-state index in [1.165, 1.54) is 23.0 Å². The molecule has 0 bridgehead atoms. The van der Waals surface area contributed by atoms with E-state index in [1.807, 2.05) is 12.1 Å². The summed E-state index contributed by atoms with van der Waals surface area (Å²) in [6.45, 7) is 5.11. The van der Waals surface area contributed by atoms with Crippen molar-refractivity contribution in [1.29, 1.82) is 0 Å². The SMILES string of the molecule is CCOC(=O)C1=C(C)N=c2s/c(=C/c3ccc(OCC(=O)N4CCCC4)c(OC)c3)c(=O)n2[C@H]1c1ccc(OC)c(Br)c1. The van der Waals surface area contributed by atoms with E-state index in [4.69, 9.17) is 18.9 Å². The van der Waals surface area contributed by atoms with Gasteiger partial charge in [0, 0.05) is 13.1 Å². The monoisotopic (exact) mass is 669 g/mol. The first-order valence-corrected chi connectivity index (χ1v) is 15.5. The highest BCUT2D eigenvalue weighted by Crippen LogP contribution is 2.35. The van der Waals surface area contributed by atoms with Gasteiger partial charge in [-0.2, -0.15) is 0 Å². The Kier molecular flexibility index (Phi) is 9.36. The fourth-order valence-electron chi connectivity index (χ4n) is 5.20. The predicted octanol–water partition coefficient (Wildman–Crippen LogP) is 3.58. The number of thiazole rings is 1. The van der Waals surface area contributed by atoms with Gasteiger partial charge in [-0.25, -0.2) is 9.79 Å². The van der Waals surface area contributed by atoms with Crippen LogP contribution < -0.4 is 29.1 Å². The summed E-state index contributed by atoms with van der Waals surface area (Å²) in [5.41, 5.74) is 1.87. The maximum atomic E-state index is 13.9. The lowest BCUT2D eigenvalue weighted by Gasteiger charge is -2.25. The summed E-state index contributed by atoms with van der Waals surface area (Å²) in [5.74, 6) is 0.918. The van der Waals surface area contributed by atoms with Crippen LogP contribution in [0, 0.1) is 0 Å². The minimum atomic E-state index is -0.752.